The van der Waals surface area contributed by atoms with Crippen LogP contribution in [0.5, 0.6) is 0 Å². The topological polar surface area (TPSA) is 111 Å². The molecule has 0 bridgehead atoms. The second-order valence-electron chi connectivity index (χ2n) is 9.72. The number of alkyl halides is 1. The standard InChI is InChI=1S/C23H31FN6O2S/c1-14(31)30-12-22(2,24)19-15(30)4-3-5-16(19)33-21-20(26)28-18(10-27-21)29-8-6-23(7-9-29)13-32-11-17(23)25/h4,10,17H,3,5-9,11-13,25H2,1-2H3,(H2,26,28). The summed E-state index contributed by atoms with van der Waals surface area (Å²) in [5.41, 5.74) is 12.3. The molecule has 3 aliphatic heterocycles. The number of aromatic nitrogens is 2. The molecule has 10 heteroatoms. The van der Waals surface area contributed by atoms with Crippen LogP contribution in [0.15, 0.2) is 33.5 Å². The highest BCUT2D eigenvalue weighted by Crippen LogP contribution is 2.49. The molecule has 1 amide bonds. The molecule has 178 valence electrons. The van der Waals surface area contributed by atoms with E-state index in [1.54, 1.807) is 6.20 Å². The monoisotopic (exact) mass is 474 g/mol. The number of hydrogen-bond donors (Lipinski definition) is 2. The average Bonchev–Trinajstić information content (AvgIpc) is 3.27. The molecule has 33 heavy (non-hydrogen) atoms. The number of fused-ring (bicyclic) bond motifs is 1. The Labute approximate surface area is 197 Å². The van der Waals surface area contributed by atoms with Gasteiger partial charge in [0.2, 0.25) is 5.91 Å². The van der Waals surface area contributed by atoms with Gasteiger partial charge in [-0.05, 0) is 32.6 Å². The van der Waals surface area contributed by atoms with Crippen LogP contribution in [0.3, 0.4) is 0 Å². The smallest absolute Gasteiger partial charge is 0.223 e. The lowest BCUT2D eigenvalue weighted by Gasteiger charge is -2.41. The minimum Gasteiger partial charge on any atom is -0.381 e. The number of allylic oxidation sites excluding steroid dienone is 3. The average molecular weight is 475 g/mol. The Morgan fingerprint density at radius 1 is 1.36 bits per heavy atom. The van der Waals surface area contributed by atoms with Crippen LogP contribution in [-0.4, -0.2) is 65.3 Å². The molecule has 5 rings (SSSR count). The number of hydrogen-bond acceptors (Lipinski definition) is 8. The molecular formula is C23H31FN6O2S. The van der Waals surface area contributed by atoms with Crippen molar-refractivity contribution in [3.05, 3.63) is 28.4 Å². The molecule has 3 fully saturated rings. The minimum absolute atomic E-state index is 0.0405. The second-order valence-corrected chi connectivity index (χ2v) is 10.8. The number of ether oxygens (including phenoxy) is 1. The van der Waals surface area contributed by atoms with Gasteiger partial charge in [-0.25, -0.2) is 14.4 Å². The van der Waals surface area contributed by atoms with Crippen LogP contribution in [0.25, 0.3) is 0 Å². The zero-order chi connectivity index (χ0) is 23.4. The third kappa shape index (κ3) is 3.91. The molecule has 2 unspecified atom stereocenters. The molecule has 0 saturated carbocycles. The second kappa shape index (κ2) is 8.25. The van der Waals surface area contributed by atoms with Gasteiger partial charge in [-0.1, -0.05) is 17.8 Å². The molecule has 2 atom stereocenters. The van der Waals surface area contributed by atoms with E-state index in [1.165, 1.54) is 30.5 Å². The van der Waals surface area contributed by atoms with Crippen molar-refractivity contribution in [2.75, 3.05) is 43.5 Å². The number of nitrogens with two attached hydrogens (primary N) is 2. The zero-order valence-corrected chi connectivity index (χ0v) is 20.0. The highest BCUT2D eigenvalue weighted by Gasteiger charge is 2.47. The van der Waals surface area contributed by atoms with Gasteiger partial charge >= 0.3 is 0 Å². The molecule has 0 radical (unpaired) electrons. The fraction of sp³-hybridized carbons (Fsp3) is 0.609. The third-order valence-corrected chi connectivity index (χ3v) is 8.58. The molecule has 1 aromatic heterocycles. The van der Waals surface area contributed by atoms with Gasteiger partial charge in [0.25, 0.3) is 0 Å². The highest BCUT2D eigenvalue weighted by atomic mass is 32.2. The maximum absolute atomic E-state index is 15.5. The van der Waals surface area contributed by atoms with Crippen molar-refractivity contribution < 1.29 is 13.9 Å². The first-order chi connectivity index (χ1) is 15.7. The molecule has 8 nitrogen and oxygen atoms in total. The predicted octanol–water partition coefficient (Wildman–Crippen LogP) is 2.62. The molecule has 3 saturated heterocycles. The molecule has 1 aliphatic carbocycles. The van der Waals surface area contributed by atoms with Crippen LogP contribution in [0.2, 0.25) is 0 Å². The summed E-state index contributed by atoms with van der Waals surface area (Å²) < 4.78 is 21.1. The van der Waals surface area contributed by atoms with Gasteiger partial charge in [0, 0.05) is 47.6 Å². The number of nitrogens with zero attached hydrogens (tertiary/aromatic N) is 4. The first-order valence-electron chi connectivity index (χ1n) is 11.5. The minimum atomic E-state index is -1.60. The van der Waals surface area contributed by atoms with Gasteiger partial charge in [-0.15, -0.1) is 0 Å². The van der Waals surface area contributed by atoms with E-state index in [2.05, 4.69) is 14.9 Å². The lowest BCUT2D eigenvalue weighted by Crippen LogP contribution is -2.49. The van der Waals surface area contributed by atoms with Gasteiger partial charge in [0.1, 0.15) is 10.8 Å². The highest BCUT2D eigenvalue weighted by molar-refractivity contribution is 8.03. The summed E-state index contributed by atoms with van der Waals surface area (Å²) in [5.74, 6) is 0.938. The van der Waals surface area contributed by atoms with Gasteiger partial charge < -0.3 is 26.0 Å². The molecule has 4 N–H and O–H groups in total. The van der Waals surface area contributed by atoms with Gasteiger partial charge in [-0.2, -0.15) is 0 Å². The molecule has 4 aliphatic rings. The summed E-state index contributed by atoms with van der Waals surface area (Å²) >= 11 is 1.37. The van der Waals surface area contributed by atoms with E-state index in [9.17, 15) is 4.79 Å². The number of likely N-dealkylation sites (tertiary alicyclic amines) is 1. The maximum atomic E-state index is 15.5. The number of carbonyl (C=O) groups excluding carboxylic acids is 1. The summed E-state index contributed by atoms with van der Waals surface area (Å²) in [6.07, 6.45) is 7.05. The Morgan fingerprint density at radius 2 is 2.12 bits per heavy atom. The number of amides is 1. The SMILES string of the molecule is CC(=O)N1CC(C)(F)C2=C(Sc3ncc(N4CCC5(CC4)COCC5N)nc3N)CCC=C21. The zero-order valence-electron chi connectivity index (χ0n) is 19.1. The number of halogens is 1. The Balaban J connectivity index is 1.34. The first kappa shape index (κ1) is 22.6. The predicted molar refractivity (Wildman–Crippen MR) is 126 cm³/mol. The van der Waals surface area contributed by atoms with Crippen molar-refractivity contribution in [3.8, 4) is 0 Å². The van der Waals surface area contributed by atoms with E-state index >= 15 is 4.39 Å². The fourth-order valence-electron chi connectivity index (χ4n) is 5.46. The van der Waals surface area contributed by atoms with E-state index in [0.29, 0.717) is 35.1 Å². The van der Waals surface area contributed by atoms with E-state index in [4.69, 9.17) is 16.2 Å². The fourth-order valence-corrected chi connectivity index (χ4v) is 6.58. The van der Waals surface area contributed by atoms with Crippen LogP contribution in [0.4, 0.5) is 16.0 Å². The number of rotatable bonds is 3. The van der Waals surface area contributed by atoms with E-state index in [0.717, 1.165) is 49.7 Å². The molecule has 0 aromatic carbocycles. The summed E-state index contributed by atoms with van der Waals surface area (Å²) in [7, 11) is 0. The molecule has 4 heterocycles. The lowest BCUT2D eigenvalue weighted by molar-refractivity contribution is -0.126. The van der Waals surface area contributed by atoms with Crippen LogP contribution in [0, 0.1) is 5.41 Å². The molecule has 1 spiro atoms. The summed E-state index contributed by atoms with van der Waals surface area (Å²) in [4.78, 5) is 25.8. The number of thioether (sulfide) groups is 1. The summed E-state index contributed by atoms with van der Waals surface area (Å²) in [5, 5.41) is 0.569. The summed E-state index contributed by atoms with van der Waals surface area (Å²) in [6, 6.07) is 0.0919. The van der Waals surface area contributed by atoms with Crippen molar-refractivity contribution >= 4 is 29.3 Å². The van der Waals surface area contributed by atoms with Crippen LogP contribution < -0.4 is 16.4 Å². The lowest BCUT2D eigenvalue weighted by atomic mass is 9.75. The van der Waals surface area contributed by atoms with Crippen LogP contribution in [0.1, 0.15) is 39.5 Å². The van der Waals surface area contributed by atoms with E-state index in [1.807, 2.05) is 6.08 Å². The Bertz CT molecular complexity index is 1030. The van der Waals surface area contributed by atoms with Gasteiger partial charge in [0.05, 0.1) is 26.0 Å². The van der Waals surface area contributed by atoms with Crippen molar-refractivity contribution in [1.82, 2.24) is 14.9 Å². The number of anilines is 2. The van der Waals surface area contributed by atoms with Gasteiger partial charge in [-0.3, -0.25) is 4.79 Å². The Morgan fingerprint density at radius 3 is 2.76 bits per heavy atom. The normalized spacial score (nSPS) is 29.0. The molecule has 1 aromatic rings. The number of nitrogen functional groups attached to an aromatic ring is 1. The van der Waals surface area contributed by atoms with Crippen LogP contribution >= 0.6 is 11.8 Å². The molecular weight excluding hydrogens is 443 g/mol. The third-order valence-electron chi connectivity index (χ3n) is 7.42. The number of piperidine rings is 1. The Hall–Kier alpha value is -2.17. The van der Waals surface area contributed by atoms with Crippen molar-refractivity contribution in [2.24, 2.45) is 11.1 Å². The first-order valence-corrected chi connectivity index (χ1v) is 12.3. The van der Waals surface area contributed by atoms with Crippen molar-refractivity contribution in [3.63, 3.8) is 0 Å². The summed E-state index contributed by atoms with van der Waals surface area (Å²) in [6.45, 7) is 6.08. The largest absolute Gasteiger partial charge is 0.381 e. The van der Waals surface area contributed by atoms with Crippen LogP contribution in [-0.2, 0) is 9.53 Å². The van der Waals surface area contributed by atoms with Crippen molar-refractivity contribution in [1.29, 1.82) is 0 Å². The van der Waals surface area contributed by atoms with E-state index < -0.39 is 5.67 Å². The Kier molecular flexibility index (Phi) is 5.65. The quantitative estimate of drug-likeness (QED) is 0.688. The van der Waals surface area contributed by atoms with Crippen molar-refractivity contribution in [2.45, 2.75) is 56.3 Å². The number of carbonyl (C=O) groups is 1. The van der Waals surface area contributed by atoms with Gasteiger partial charge in [0.15, 0.2) is 11.5 Å². The maximum Gasteiger partial charge on any atom is 0.223 e. The van der Waals surface area contributed by atoms with E-state index in [-0.39, 0.29) is 23.9 Å².